The average Bonchev–Trinajstić information content (AvgIpc) is 2.81. The predicted molar refractivity (Wildman–Crippen MR) is 115 cm³/mol. The Morgan fingerprint density at radius 2 is 1.81 bits per heavy atom. The molecule has 158 valence electrons. The molecule has 1 aliphatic heterocycles. The van der Waals surface area contributed by atoms with E-state index in [1.54, 1.807) is 55.7 Å². The van der Waals surface area contributed by atoms with Crippen LogP contribution in [0.2, 0.25) is 0 Å². The summed E-state index contributed by atoms with van der Waals surface area (Å²) in [6, 6.07) is 16.8. The summed E-state index contributed by atoms with van der Waals surface area (Å²) in [7, 11) is 1.56. The summed E-state index contributed by atoms with van der Waals surface area (Å²) in [4.78, 5) is 12.6. The van der Waals surface area contributed by atoms with Gasteiger partial charge in [-0.15, -0.1) is 0 Å². The average molecular weight is 420 g/mol. The number of para-hydroxylation sites is 1. The number of ketones is 1. The fourth-order valence-corrected chi connectivity index (χ4v) is 3.20. The SMILES string of the molecule is COc1ccc(/C=C/C(=O)c2ccc3c(c2)OCCO3)cc1COc1ccccc1F. The van der Waals surface area contributed by atoms with E-state index >= 15 is 0 Å². The highest BCUT2D eigenvalue weighted by molar-refractivity contribution is 6.07. The van der Waals surface area contributed by atoms with Crippen LogP contribution in [-0.4, -0.2) is 26.1 Å². The summed E-state index contributed by atoms with van der Waals surface area (Å²) in [5, 5.41) is 0. The quantitative estimate of drug-likeness (QED) is 0.394. The minimum Gasteiger partial charge on any atom is -0.496 e. The number of methoxy groups -OCH3 is 1. The zero-order valence-corrected chi connectivity index (χ0v) is 17.0. The number of halogens is 1. The zero-order valence-electron chi connectivity index (χ0n) is 17.0. The molecule has 0 fully saturated rings. The van der Waals surface area contributed by atoms with Crippen LogP contribution in [0, 0.1) is 5.82 Å². The normalized spacial score (nSPS) is 12.6. The number of fused-ring (bicyclic) bond motifs is 1. The Kier molecular flexibility index (Phi) is 6.17. The first-order chi connectivity index (χ1) is 15.1. The zero-order chi connectivity index (χ0) is 21.6. The molecule has 0 amide bonds. The molecule has 0 aliphatic carbocycles. The van der Waals surface area contributed by atoms with Crippen LogP contribution in [0.4, 0.5) is 4.39 Å². The third kappa shape index (κ3) is 4.86. The summed E-state index contributed by atoms with van der Waals surface area (Å²) in [6.07, 6.45) is 3.21. The molecule has 0 spiro atoms. The van der Waals surface area contributed by atoms with Crippen LogP contribution in [0.1, 0.15) is 21.5 Å². The van der Waals surface area contributed by atoms with E-state index in [0.29, 0.717) is 36.0 Å². The Morgan fingerprint density at radius 3 is 2.61 bits per heavy atom. The van der Waals surface area contributed by atoms with Gasteiger partial charge in [-0.3, -0.25) is 4.79 Å². The van der Waals surface area contributed by atoms with Crippen LogP contribution in [0.5, 0.6) is 23.0 Å². The highest BCUT2D eigenvalue weighted by Crippen LogP contribution is 2.31. The number of allylic oxidation sites excluding steroid dienone is 1. The summed E-state index contributed by atoms with van der Waals surface area (Å²) in [6.45, 7) is 1.09. The lowest BCUT2D eigenvalue weighted by atomic mass is 10.1. The van der Waals surface area contributed by atoms with Gasteiger partial charge in [0.1, 0.15) is 25.6 Å². The van der Waals surface area contributed by atoms with Gasteiger partial charge in [-0.2, -0.15) is 0 Å². The molecule has 31 heavy (non-hydrogen) atoms. The highest BCUT2D eigenvalue weighted by atomic mass is 19.1. The van der Waals surface area contributed by atoms with Gasteiger partial charge in [0.25, 0.3) is 0 Å². The molecule has 0 bridgehead atoms. The molecular formula is C25H21FO5. The van der Waals surface area contributed by atoms with Crippen LogP contribution in [0.3, 0.4) is 0 Å². The molecule has 5 nitrogen and oxygen atoms in total. The van der Waals surface area contributed by atoms with E-state index in [9.17, 15) is 9.18 Å². The number of ether oxygens (including phenoxy) is 4. The van der Waals surface area contributed by atoms with Crippen LogP contribution in [0.25, 0.3) is 6.08 Å². The van der Waals surface area contributed by atoms with E-state index in [-0.39, 0.29) is 18.1 Å². The van der Waals surface area contributed by atoms with Crippen LogP contribution in [-0.2, 0) is 6.61 Å². The van der Waals surface area contributed by atoms with E-state index in [0.717, 1.165) is 11.1 Å². The highest BCUT2D eigenvalue weighted by Gasteiger charge is 2.14. The number of hydrogen-bond acceptors (Lipinski definition) is 5. The topological polar surface area (TPSA) is 54.0 Å². The number of carbonyl (C=O) groups excluding carboxylic acids is 1. The Balaban J connectivity index is 1.49. The van der Waals surface area contributed by atoms with Gasteiger partial charge in [-0.1, -0.05) is 24.3 Å². The van der Waals surface area contributed by atoms with Crippen molar-refractivity contribution in [3.63, 3.8) is 0 Å². The van der Waals surface area contributed by atoms with Crippen molar-refractivity contribution in [2.45, 2.75) is 6.61 Å². The first-order valence-electron chi connectivity index (χ1n) is 9.80. The lowest BCUT2D eigenvalue weighted by Gasteiger charge is -2.18. The lowest BCUT2D eigenvalue weighted by Crippen LogP contribution is -2.15. The number of benzene rings is 3. The monoisotopic (exact) mass is 420 g/mol. The van der Waals surface area contributed by atoms with Crippen molar-refractivity contribution in [3.05, 3.63) is 89.2 Å². The summed E-state index contributed by atoms with van der Waals surface area (Å²) >= 11 is 0. The Labute approximate surface area is 179 Å². The van der Waals surface area contributed by atoms with E-state index in [2.05, 4.69) is 0 Å². The van der Waals surface area contributed by atoms with Gasteiger partial charge in [0, 0.05) is 11.1 Å². The molecule has 1 heterocycles. The smallest absolute Gasteiger partial charge is 0.185 e. The third-order valence-electron chi connectivity index (χ3n) is 4.78. The third-order valence-corrected chi connectivity index (χ3v) is 4.78. The Hall–Kier alpha value is -3.80. The van der Waals surface area contributed by atoms with Crippen molar-refractivity contribution in [1.82, 2.24) is 0 Å². The van der Waals surface area contributed by atoms with E-state index < -0.39 is 5.82 Å². The first-order valence-corrected chi connectivity index (χ1v) is 9.80. The van der Waals surface area contributed by atoms with Crippen molar-refractivity contribution < 1.29 is 28.1 Å². The van der Waals surface area contributed by atoms with E-state index in [4.69, 9.17) is 18.9 Å². The second kappa shape index (κ2) is 9.34. The number of carbonyl (C=O) groups is 1. The first kappa shape index (κ1) is 20.5. The molecule has 0 unspecified atom stereocenters. The van der Waals surface area contributed by atoms with Crippen molar-refractivity contribution in [1.29, 1.82) is 0 Å². The molecule has 3 aromatic rings. The number of hydrogen-bond donors (Lipinski definition) is 0. The fourth-order valence-electron chi connectivity index (χ4n) is 3.20. The standard InChI is InChI=1S/C25H21FO5/c1-28-22-10-7-17(14-19(22)16-31-23-5-3-2-4-20(23)26)6-9-21(27)18-8-11-24-25(15-18)30-13-12-29-24/h2-11,14-15H,12-13,16H2,1H3/b9-6+. The molecule has 0 atom stereocenters. The van der Waals surface area contributed by atoms with Gasteiger partial charge < -0.3 is 18.9 Å². The largest absolute Gasteiger partial charge is 0.496 e. The molecule has 3 aromatic carbocycles. The van der Waals surface area contributed by atoms with Gasteiger partial charge in [0.2, 0.25) is 0 Å². The van der Waals surface area contributed by atoms with Crippen molar-refractivity contribution in [2.75, 3.05) is 20.3 Å². The predicted octanol–water partition coefficient (Wildman–Crippen LogP) is 5.08. The lowest BCUT2D eigenvalue weighted by molar-refractivity contribution is 0.104. The molecule has 0 saturated heterocycles. The van der Waals surface area contributed by atoms with Gasteiger partial charge in [0.15, 0.2) is 28.8 Å². The van der Waals surface area contributed by atoms with Gasteiger partial charge in [0.05, 0.1) is 7.11 Å². The molecular weight excluding hydrogens is 399 g/mol. The molecule has 0 N–H and O–H groups in total. The van der Waals surface area contributed by atoms with Crippen LogP contribution >= 0.6 is 0 Å². The molecule has 4 rings (SSSR count). The molecule has 1 aliphatic rings. The van der Waals surface area contributed by atoms with Gasteiger partial charge in [-0.05, 0) is 54.1 Å². The molecule has 0 saturated carbocycles. The second-order valence-electron chi connectivity index (χ2n) is 6.85. The number of rotatable bonds is 7. The molecule has 0 aromatic heterocycles. The van der Waals surface area contributed by atoms with Gasteiger partial charge in [-0.25, -0.2) is 4.39 Å². The summed E-state index contributed by atoms with van der Waals surface area (Å²) < 4.78 is 35.8. The maximum absolute atomic E-state index is 13.8. The second-order valence-corrected chi connectivity index (χ2v) is 6.85. The maximum Gasteiger partial charge on any atom is 0.185 e. The van der Waals surface area contributed by atoms with Crippen molar-refractivity contribution in [3.8, 4) is 23.0 Å². The van der Waals surface area contributed by atoms with Crippen molar-refractivity contribution in [2.24, 2.45) is 0 Å². The Morgan fingerprint density at radius 1 is 1.00 bits per heavy atom. The summed E-state index contributed by atoms with van der Waals surface area (Å²) in [5.74, 6) is 1.41. The molecule has 0 radical (unpaired) electrons. The van der Waals surface area contributed by atoms with Crippen molar-refractivity contribution >= 4 is 11.9 Å². The Bertz CT molecular complexity index is 1120. The maximum atomic E-state index is 13.8. The minimum atomic E-state index is -0.428. The van der Waals surface area contributed by atoms with E-state index in [1.807, 2.05) is 12.1 Å². The molecule has 6 heteroatoms. The fraction of sp³-hybridized carbons (Fsp3) is 0.160. The van der Waals surface area contributed by atoms with Crippen LogP contribution in [0.15, 0.2) is 66.7 Å². The minimum absolute atomic E-state index is 0.127. The summed E-state index contributed by atoms with van der Waals surface area (Å²) in [5.41, 5.74) is 2.04. The van der Waals surface area contributed by atoms with Gasteiger partial charge >= 0.3 is 0 Å². The van der Waals surface area contributed by atoms with E-state index in [1.165, 1.54) is 12.1 Å². The van der Waals surface area contributed by atoms with Crippen LogP contribution < -0.4 is 18.9 Å².